The first-order valence-electron chi connectivity index (χ1n) is 26.2. The van der Waals surface area contributed by atoms with Crippen LogP contribution in [-0.2, 0) is 4.79 Å². The SMILES string of the molecule is CC/C=C\C/C=C\C/C=C\C/C=C\C/C=C\C/C=C\C/C=C\C/C=C\C/C=C\C/C=C\CCCCCCCCCCC(=O)NC(CO)C(O)CCCCCCCCCCCCCC. The number of amides is 1. The predicted molar refractivity (Wildman–Crippen MR) is 280 cm³/mol. The minimum atomic E-state index is -0.669. The molecule has 2 atom stereocenters. The maximum Gasteiger partial charge on any atom is 0.220 e. The van der Waals surface area contributed by atoms with Gasteiger partial charge in [0.05, 0.1) is 18.8 Å². The lowest BCUT2D eigenvalue weighted by molar-refractivity contribution is -0.123. The zero-order valence-electron chi connectivity index (χ0n) is 41.0. The maximum absolute atomic E-state index is 12.4. The van der Waals surface area contributed by atoms with Gasteiger partial charge in [0.1, 0.15) is 0 Å². The second kappa shape index (κ2) is 53.1. The molecule has 0 saturated heterocycles. The highest BCUT2D eigenvalue weighted by Gasteiger charge is 2.20. The standard InChI is InChI=1S/C59H99NO3/c1-3-5-7-9-11-13-15-17-18-19-20-21-22-23-24-25-26-27-28-29-30-31-32-33-34-35-36-37-38-39-40-41-42-43-45-47-49-51-53-55-59(63)60-57(56-61)58(62)54-52-50-48-46-44-16-14-12-10-8-6-4-2/h5,7,11,13,17-18,20-21,23-24,26-27,29-30,32-33,35-36,38-39,57-58,61-62H,3-4,6,8-10,12,14-16,19,22,25,28,31,34,37,40-56H2,1-2H3,(H,60,63)/b7-5-,13-11-,18-17-,21-20-,24-23-,27-26-,30-29-,33-32-,36-35-,39-38-. The first-order valence-corrected chi connectivity index (χ1v) is 26.2. The summed E-state index contributed by atoms with van der Waals surface area (Å²) in [4.78, 5) is 12.4. The van der Waals surface area contributed by atoms with Crippen LogP contribution in [0, 0.1) is 0 Å². The van der Waals surface area contributed by atoms with Crippen LogP contribution < -0.4 is 5.32 Å². The summed E-state index contributed by atoms with van der Waals surface area (Å²) in [7, 11) is 0. The van der Waals surface area contributed by atoms with E-state index in [1.54, 1.807) is 0 Å². The van der Waals surface area contributed by atoms with Crippen molar-refractivity contribution in [3.63, 3.8) is 0 Å². The van der Waals surface area contributed by atoms with Crippen molar-refractivity contribution in [2.75, 3.05) is 6.61 Å². The van der Waals surface area contributed by atoms with Crippen molar-refractivity contribution in [1.82, 2.24) is 5.32 Å². The molecule has 3 N–H and O–H groups in total. The number of allylic oxidation sites excluding steroid dienone is 20. The van der Waals surface area contributed by atoms with Crippen molar-refractivity contribution in [3.05, 3.63) is 122 Å². The largest absolute Gasteiger partial charge is 0.394 e. The molecule has 4 nitrogen and oxygen atoms in total. The molecule has 1 amide bonds. The molecule has 0 fully saturated rings. The highest BCUT2D eigenvalue weighted by molar-refractivity contribution is 5.76. The molecule has 0 spiro atoms. The van der Waals surface area contributed by atoms with Crippen molar-refractivity contribution in [2.45, 2.75) is 238 Å². The minimum absolute atomic E-state index is 0.0458. The van der Waals surface area contributed by atoms with Crippen LogP contribution in [0.25, 0.3) is 0 Å². The third-order valence-corrected chi connectivity index (χ3v) is 11.2. The second-order valence-electron chi connectivity index (χ2n) is 17.2. The lowest BCUT2D eigenvalue weighted by Crippen LogP contribution is -2.45. The number of hydrogen-bond acceptors (Lipinski definition) is 3. The summed E-state index contributed by atoms with van der Waals surface area (Å²) in [5, 5.41) is 23.2. The van der Waals surface area contributed by atoms with Crippen LogP contribution in [0.3, 0.4) is 0 Å². The summed E-state index contributed by atoms with van der Waals surface area (Å²) in [5.74, 6) is -0.0458. The van der Waals surface area contributed by atoms with Gasteiger partial charge in [-0.25, -0.2) is 0 Å². The molecule has 0 heterocycles. The summed E-state index contributed by atoms with van der Waals surface area (Å²) in [5.41, 5.74) is 0. The Kier molecular flexibility index (Phi) is 50.4. The molecule has 4 heteroatoms. The van der Waals surface area contributed by atoms with E-state index < -0.39 is 12.1 Å². The normalized spacial score (nSPS) is 13.9. The summed E-state index contributed by atoms with van der Waals surface area (Å²) < 4.78 is 0. The molecule has 0 radical (unpaired) electrons. The third kappa shape index (κ3) is 49.7. The monoisotopic (exact) mass is 870 g/mol. The van der Waals surface area contributed by atoms with E-state index in [4.69, 9.17) is 0 Å². The molecule has 0 saturated carbocycles. The molecular weight excluding hydrogens is 771 g/mol. The smallest absolute Gasteiger partial charge is 0.220 e. The molecule has 63 heavy (non-hydrogen) atoms. The quantitative estimate of drug-likeness (QED) is 0.0422. The van der Waals surface area contributed by atoms with Gasteiger partial charge in [-0.15, -0.1) is 0 Å². The van der Waals surface area contributed by atoms with Crippen LogP contribution in [0.4, 0.5) is 0 Å². The van der Waals surface area contributed by atoms with E-state index in [1.165, 1.54) is 103 Å². The van der Waals surface area contributed by atoms with Crippen LogP contribution in [0.5, 0.6) is 0 Å². The number of hydrogen-bond donors (Lipinski definition) is 3. The number of nitrogens with one attached hydrogen (secondary N) is 1. The Bertz CT molecular complexity index is 1260. The molecule has 0 aromatic rings. The molecule has 2 unspecified atom stereocenters. The van der Waals surface area contributed by atoms with Gasteiger partial charge in [0, 0.05) is 6.42 Å². The topological polar surface area (TPSA) is 69.6 Å². The first-order chi connectivity index (χ1) is 31.2. The number of rotatable bonds is 46. The molecule has 0 rings (SSSR count). The van der Waals surface area contributed by atoms with Crippen LogP contribution in [-0.4, -0.2) is 34.9 Å². The lowest BCUT2D eigenvalue weighted by atomic mass is 10.0. The van der Waals surface area contributed by atoms with E-state index in [2.05, 4.69) is 141 Å². The molecule has 358 valence electrons. The predicted octanol–water partition coefficient (Wildman–Crippen LogP) is 17.3. The van der Waals surface area contributed by atoms with Crippen molar-refractivity contribution in [2.24, 2.45) is 0 Å². The van der Waals surface area contributed by atoms with E-state index in [0.717, 1.165) is 96.3 Å². The molecule has 0 aromatic heterocycles. The summed E-state index contributed by atoms with van der Waals surface area (Å²) in [6.45, 7) is 4.22. The van der Waals surface area contributed by atoms with Crippen molar-refractivity contribution in [3.8, 4) is 0 Å². The summed E-state index contributed by atoms with van der Waals surface area (Å²) in [6.07, 6.45) is 81.6. The van der Waals surface area contributed by atoms with E-state index in [0.29, 0.717) is 12.8 Å². The van der Waals surface area contributed by atoms with Crippen molar-refractivity contribution < 1.29 is 15.0 Å². The summed E-state index contributed by atoms with van der Waals surface area (Å²) in [6, 6.07) is -0.548. The fourth-order valence-electron chi connectivity index (χ4n) is 7.27. The minimum Gasteiger partial charge on any atom is -0.394 e. The number of unbranched alkanes of at least 4 members (excludes halogenated alkanes) is 19. The van der Waals surface area contributed by atoms with E-state index >= 15 is 0 Å². The van der Waals surface area contributed by atoms with Gasteiger partial charge in [0.15, 0.2) is 0 Å². The average molecular weight is 870 g/mol. The van der Waals surface area contributed by atoms with Gasteiger partial charge in [-0.3, -0.25) is 4.79 Å². The summed E-state index contributed by atoms with van der Waals surface area (Å²) >= 11 is 0. The Labute approximate surface area is 390 Å². The number of carbonyl (C=O) groups excluding carboxylic acids is 1. The molecule has 0 bridgehead atoms. The zero-order chi connectivity index (χ0) is 45.6. The Morgan fingerprint density at radius 3 is 1.05 bits per heavy atom. The Morgan fingerprint density at radius 2 is 0.698 bits per heavy atom. The van der Waals surface area contributed by atoms with Crippen LogP contribution >= 0.6 is 0 Å². The first kappa shape index (κ1) is 59.8. The molecule has 0 aliphatic rings. The van der Waals surface area contributed by atoms with Crippen LogP contribution in [0.15, 0.2) is 122 Å². The molecule has 0 aliphatic heterocycles. The van der Waals surface area contributed by atoms with Crippen molar-refractivity contribution in [1.29, 1.82) is 0 Å². The fraction of sp³-hybridized carbons (Fsp3) is 0.644. The van der Waals surface area contributed by atoms with Gasteiger partial charge in [0.2, 0.25) is 5.91 Å². The van der Waals surface area contributed by atoms with E-state index in [-0.39, 0.29) is 12.5 Å². The van der Waals surface area contributed by atoms with Crippen molar-refractivity contribution >= 4 is 5.91 Å². The Balaban J connectivity index is 3.62. The van der Waals surface area contributed by atoms with Gasteiger partial charge in [-0.1, -0.05) is 251 Å². The second-order valence-corrected chi connectivity index (χ2v) is 17.2. The number of aliphatic hydroxyl groups excluding tert-OH is 2. The molecule has 0 aliphatic carbocycles. The highest BCUT2D eigenvalue weighted by Crippen LogP contribution is 2.15. The van der Waals surface area contributed by atoms with Gasteiger partial charge >= 0.3 is 0 Å². The number of aliphatic hydroxyl groups is 2. The number of carbonyl (C=O) groups is 1. The van der Waals surface area contributed by atoms with E-state index in [9.17, 15) is 15.0 Å². The van der Waals surface area contributed by atoms with E-state index in [1.807, 2.05) is 0 Å². The van der Waals surface area contributed by atoms with Crippen LogP contribution in [0.1, 0.15) is 226 Å². The fourth-order valence-corrected chi connectivity index (χ4v) is 7.27. The average Bonchev–Trinajstić information content (AvgIpc) is 3.29. The van der Waals surface area contributed by atoms with Gasteiger partial charge < -0.3 is 15.5 Å². The third-order valence-electron chi connectivity index (χ3n) is 11.2. The molecule has 0 aromatic carbocycles. The van der Waals surface area contributed by atoms with Gasteiger partial charge in [0.25, 0.3) is 0 Å². The molecular formula is C59H99NO3. The Hall–Kier alpha value is -3.21. The zero-order valence-corrected chi connectivity index (χ0v) is 41.0. The van der Waals surface area contributed by atoms with Crippen LogP contribution in [0.2, 0.25) is 0 Å². The maximum atomic E-state index is 12.4. The Morgan fingerprint density at radius 1 is 0.397 bits per heavy atom. The van der Waals surface area contributed by atoms with Gasteiger partial charge in [-0.05, 0) is 89.9 Å². The highest BCUT2D eigenvalue weighted by atomic mass is 16.3. The van der Waals surface area contributed by atoms with Gasteiger partial charge in [-0.2, -0.15) is 0 Å². The lowest BCUT2D eigenvalue weighted by Gasteiger charge is -2.22.